The Bertz CT molecular complexity index is 1000. The molecule has 0 unspecified atom stereocenters. The van der Waals surface area contributed by atoms with Gasteiger partial charge in [0.25, 0.3) is 0 Å². The first kappa shape index (κ1) is 20.7. The Kier molecular flexibility index (Phi) is 6.62. The maximum Gasteiger partial charge on any atom is 0.359 e. The second-order valence-corrected chi connectivity index (χ2v) is 7.22. The smallest absolute Gasteiger partial charge is 0.359 e. The van der Waals surface area contributed by atoms with Crippen LogP contribution in [-0.4, -0.2) is 29.4 Å². The molecule has 1 N–H and O–H groups in total. The first-order valence-electron chi connectivity index (χ1n) is 8.61. The predicted molar refractivity (Wildman–Crippen MR) is 113 cm³/mol. The summed E-state index contributed by atoms with van der Waals surface area (Å²) in [6.07, 6.45) is 0. The van der Waals surface area contributed by atoms with E-state index in [2.05, 4.69) is 10.4 Å². The number of nitrogens with one attached hydrogen (secondary N) is 1. The van der Waals surface area contributed by atoms with Crippen molar-refractivity contribution in [3.05, 3.63) is 68.8 Å². The molecule has 0 saturated heterocycles. The highest BCUT2D eigenvalue weighted by Crippen LogP contribution is 2.33. The van der Waals surface area contributed by atoms with Gasteiger partial charge in [0.1, 0.15) is 0 Å². The van der Waals surface area contributed by atoms with Crippen molar-refractivity contribution in [3.8, 4) is 16.9 Å². The fraction of sp³-hybridized carbons (Fsp3) is 0.200. The van der Waals surface area contributed by atoms with Gasteiger partial charge in [-0.15, -0.1) is 0 Å². The second kappa shape index (κ2) is 8.97. The van der Waals surface area contributed by atoms with E-state index in [-0.39, 0.29) is 12.3 Å². The Morgan fingerprint density at radius 3 is 2.39 bits per heavy atom. The van der Waals surface area contributed by atoms with Crippen molar-refractivity contribution in [1.82, 2.24) is 15.1 Å². The predicted octanol–water partition coefficient (Wildman–Crippen LogP) is 5.40. The topological polar surface area (TPSA) is 56.1 Å². The molecule has 146 valence electrons. The molecule has 0 aliphatic rings. The lowest BCUT2D eigenvalue weighted by atomic mass is 10.0. The average molecular weight is 439 g/mol. The van der Waals surface area contributed by atoms with Crippen molar-refractivity contribution in [3.63, 3.8) is 0 Å². The molecule has 28 heavy (non-hydrogen) atoms. The number of carbonyl (C=O) groups excluding carboxylic acids is 1. The lowest BCUT2D eigenvalue weighted by molar-refractivity contribution is 0.0517. The summed E-state index contributed by atoms with van der Waals surface area (Å²) in [4.78, 5) is 12.6. The molecule has 0 spiro atoms. The Labute approximate surface area is 178 Å². The summed E-state index contributed by atoms with van der Waals surface area (Å²) in [7, 11) is 1.80. The standard InChI is InChI=1S/C20H18Cl3N3O2/c1-3-28-20(27)18-15(11-24-2)19(12-4-6-13(21)7-5-12)26(25-18)17-9-8-14(22)10-16(17)23/h4-10,24H,3,11H2,1-2H3. The average Bonchev–Trinajstić information content (AvgIpc) is 3.02. The molecule has 1 aromatic heterocycles. The normalized spacial score (nSPS) is 10.9. The van der Waals surface area contributed by atoms with Crippen molar-refractivity contribution >= 4 is 40.8 Å². The molecule has 3 aromatic rings. The molecule has 1 heterocycles. The number of aromatic nitrogens is 2. The minimum absolute atomic E-state index is 0.229. The molecule has 0 bridgehead atoms. The zero-order valence-electron chi connectivity index (χ0n) is 15.3. The van der Waals surface area contributed by atoms with Gasteiger partial charge in [0.2, 0.25) is 0 Å². The number of halogens is 3. The highest BCUT2D eigenvalue weighted by molar-refractivity contribution is 6.35. The largest absolute Gasteiger partial charge is 0.461 e. The summed E-state index contributed by atoms with van der Waals surface area (Å²) >= 11 is 18.5. The Hall–Kier alpha value is -2.05. The molecule has 0 atom stereocenters. The van der Waals surface area contributed by atoms with E-state index in [0.29, 0.717) is 32.9 Å². The van der Waals surface area contributed by atoms with Gasteiger partial charge >= 0.3 is 5.97 Å². The molecule has 5 nitrogen and oxygen atoms in total. The Balaban J connectivity index is 2.31. The van der Waals surface area contributed by atoms with Gasteiger partial charge in [-0.2, -0.15) is 5.10 Å². The summed E-state index contributed by atoms with van der Waals surface area (Å²) in [5.41, 5.74) is 3.09. The lowest BCUT2D eigenvalue weighted by Gasteiger charge is -2.12. The molecular formula is C20H18Cl3N3O2. The van der Waals surface area contributed by atoms with Gasteiger partial charge < -0.3 is 10.1 Å². The molecule has 3 rings (SSSR count). The summed E-state index contributed by atoms with van der Waals surface area (Å²) in [6.45, 7) is 2.42. The van der Waals surface area contributed by atoms with Gasteiger partial charge in [-0.1, -0.05) is 46.9 Å². The number of benzene rings is 2. The zero-order valence-corrected chi connectivity index (χ0v) is 17.6. The number of rotatable bonds is 6. The van der Waals surface area contributed by atoms with Crippen LogP contribution in [-0.2, 0) is 11.3 Å². The van der Waals surface area contributed by atoms with Crippen LogP contribution in [0.15, 0.2) is 42.5 Å². The maximum atomic E-state index is 12.6. The van der Waals surface area contributed by atoms with Crippen LogP contribution in [0.25, 0.3) is 16.9 Å². The van der Waals surface area contributed by atoms with E-state index < -0.39 is 5.97 Å². The summed E-state index contributed by atoms with van der Waals surface area (Å²) < 4.78 is 6.85. The van der Waals surface area contributed by atoms with Crippen molar-refractivity contribution in [1.29, 1.82) is 0 Å². The Morgan fingerprint density at radius 2 is 1.79 bits per heavy atom. The van der Waals surface area contributed by atoms with Gasteiger partial charge in [0.05, 0.1) is 23.0 Å². The fourth-order valence-electron chi connectivity index (χ4n) is 2.89. The van der Waals surface area contributed by atoms with E-state index in [1.807, 2.05) is 12.1 Å². The number of carbonyl (C=O) groups is 1. The van der Waals surface area contributed by atoms with Crippen LogP contribution >= 0.6 is 34.8 Å². The van der Waals surface area contributed by atoms with Gasteiger partial charge in [0, 0.05) is 27.7 Å². The SMILES string of the molecule is CCOC(=O)c1nn(-c2ccc(Cl)cc2Cl)c(-c2ccc(Cl)cc2)c1CNC. The molecule has 0 radical (unpaired) electrons. The number of nitrogens with zero attached hydrogens (tertiary/aromatic N) is 2. The van der Waals surface area contributed by atoms with E-state index in [4.69, 9.17) is 39.5 Å². The third-order valence-electron chi connectivity index (χ3n) is 4.06. The van der Waals surface area contributed by atoms with Crippen LogP contribution in [0.3, 0.4) is 0 Å². The van der Waals surface area contributed by atoms with Gasteiger partial charge in [-0.25, -0.2) is 9.48 Å². The zero-order chi connectivity index (χ0) is 20.3. The third kappa shape index (κ3) is 4.18. The van der Waals surface area contributed by atoms with Crippen molar-refractivity contribution in [2.45, 2.75) is 13.5 Å². The van der Waals surface area contributed by atoms with Gasteiger partial charge in [-0.3, -0.25) is 0 Å². The van der Waals surface area contributed by atoms with Crippen LogP contribution in [0.1, 0.15) is 23.0 Å². The van der Waals surface area contributed by atoms with E-state index in [1.54, 1.807) is 49.0 Å². The first-order chi connectivity index (χ1) is 13.5. The fourth-order valence-corrected chi connectivity index (χ4v) is 3.50. The van der Waals surface area contributed by atoms with E-state index in [9.17, 15) is 4.79 Å². The molecule has 0 fully saturated rings. The Morgan fingerprint density at radius 1 is 1.11 bits per heavy atom. The molecule has 0 aliphatic carbocycles. The van der Waals surface area contributed by atoms with Gasteiger partial charge in [-0.05, 0) is 44.3 Å². The molecule has 0 amide bonds. The summed E-state index contributed by atoms with van der Waals surface area (Å²) in [5.74, 6) is -0.494. The highest BCUT2D eigenvalue weighted by Gasteiger charge is 2.26. The monoisotopic (exact) mass is 437 g/mol. The molecule has 8 heteroatoms. The summed E-state index contributed by atoms with van der Waals surface area (Å²) in [6, 6.07) is 12.4. The minimum atomic E-state index is -0.494. The summed E-state index contributed by atoms with van der Waals surface area (Å²) in [5, 5.41) is 9.17. The van der Waals surface area contributed by atoms with Crippen LogP contribution in [0, 0.1) is 0 Å². The van der Waals surface area contributed by atoms with E-state index in [1.165, 1.54) is 0 Å². The number of hydrogen-bond donors (Lipinski definition) is 1. The van der Waals surface area contributed by atoms with Crippen molar-refractivity contribution in [2.75, 3.05) is 13.7 Å². The lowest BCUT2D eigenvalue weighted by Crippen LogP contribution is -2.13. The van der Waals surface area contributed by atoms with Crippen molar-refractivity contribution in [2.24, 2.45) is 0 Å². The van der Waals surface area contributed by atoms with E-state index in [0.717, 1.165) is 11.3 Å². The van der Waals surface area contributed by atoms with Crippen molar-refractivity contribution < 1.29 is 9.53 Å². The van der Waals surface area contributed by atoms with Crippen LogP contribution in [0.4, 0.5) is 0 Å². The highest BCUT2D eigenvalue weighted by atomic mass is 35.5. The minimum Gasteiger partial charge on any atom is -0.461 e. The number of ether oxygens (including phenoxy) is 1. The quantitative estimate of drug-likeness (QED) is 0.524. The number of esters is 1. The maximum absolute atomic E-state index is 12.6. The van der Waals surface area contributed by atoms with Gasteiger partial charge in [0.15, 0.2) is 5.69 Å². The van der Waals surface area contributed by atoms with Crippen LogP contribution in [0.5, 0.6) is 0 Å². The van der Waals surface area contributed by atoms with E-state index >= 15 is 0 Å². The first-order valence-corrected chi connectivity index (χ1v) is 9.74. The third-order valence-corrected chi connectivity index (χ3v) is 4.85. The molecule has 0 aliphatic heterocycles. The molecular weight excluding hydrogens is 421 g/mol. The molecule has 2 aromatic carbocycles. The van der Waals surface area contributed by atoms with Crippen LogP contribution in [0.2, 0.25) is 15.1 Å². The molecule has 0 saturated carbocycles. The van der Waals surface area contributed by atoms with Crippen LogP contribution < -0.4 is 5.32 Å². The second-order valence-electron chi connectivity index (χ2n) is 5.94. The number of hydrogen-bond acceptors (Lipinski definition) is 4.